The number of hydrogen-bond acceptors (Lipinski definition) is 2. The van der Waals surface area contributed by atoms with Crippen LogP contribution >= 0.6 is 0 Å². The van der Waals surface area contributed by atoms with E-state index in [2.05, 4.69) is 17.1 Å². The Bertz CT molecular complexity index is 161. The fourth-order valence-electron chi connectivity index (χ4n) is 1.59. The second kappa shape index (κ2) is 4.27. The van der Waals surface area contributed by atoms with Gasteiger partial charge in [0.1, 0.15) is 0 Å². The summed E-state index contributed by atoms with van der Waals surface area (Å²) < 4.78 is 0. The SMILES string of the molecule is C/C=N/N=C/C1CCCC1C. The molecule has 0 bridgehead atoms. The molecule has 1 aliphatic rings. The minimum atomic E-state index is 0.679. The second-order valence-corrected chi connectivity index (χ2v) is 3.21. The average molecular weight is 152 g/mol. The number of rotatable bonds is 2. The Balaban J connectivity index is 2.35. The maximum absolute atomic E-state index is 3.97. The summed E-state index contributed by atoms with van der Waals surface area (Å²) in [6.07, 6.45) is 7.72. The molecule has 2 nitrogen and oxygen atoms in total. The lowest BCUT2D eigenvalue weighted by Crippen LogP contribution is -2.04. The molecule has 2 unspecified atom stereocenters. The Hall–Kier alpha value is -0.660. The molecule has 0 heterocycles. The first kappa shape index (κ1) is 8.44. The lowest BCUT2D eigenvalue weighted by atomic mass is 10.0. The summed E-state index contributed by atoms with van der Waals surface area (Å²) >= 11 is 0. The smallest absolute Gasteiger partial charge is 0.0303 e. The van der Waals surface area contributed by atoms with Gasteiger partial charge in [-0.05, 0) is 25.2 Å². The average Bonchev–Trinajstić information content (AvgIpc) is 2.37. The van der Waals surface area contributed by atoms with Crippen LogP contribution in [-0.2, 0) is 0 Å². The molecular weight excluding hydrogens is 136 g/mol. The van der Waals surface area contributed by atoms with E-state index < -0.39 is 0 Å². The minimum absolute atomic E-state index is 0.679. The van der Waals surface area contributed by atoms with E-state index in [1.165, 1.54) is 19.3 Å². The van der Waals surface area contributed by atoms with Gasteiger partial charge in [0.15, 0.2) is 0 Å². The third kappa shape index (κ3) is 2.45. The van der Waals surface area contributed by atoms with Gasteiger partial charge in [-0.1, -0.05) is 19.8 Å². The van der Waals surface area contributed by atoms with Crippen LogP contribution in [0.1, 0.15) is 33.1 Å². The van der Waals surface area contributed by atoms with E-state index in [0.717, 1.165) is 5.92 Å². The first-order valence-corrected chi connectivity index (χ1v) is 4.35. The van der Waals surface area contributed by atoms with Gasteiger partial charge in [-0.15, -0.1) is 0 Å². The Morgan fingerprint density at radius 3 is 2.64 bits per heavy atom. The minimum Gasteiger partial charge on any atom is -0.164 e. The quantitative estimate of drug-likeness (QED) is 0.429. The first-order chi connectivity index (χ1) is 5.34. The van der Waals surface area contributed by atoms with Crippen molar-refractivity contribution in [2.45, 2.75) is 33.1 Å². The normalized spacial score (nSPS) is 32.5. The molecule has 0 aromatic heterocycles. The fraction of sp³-hybridized carbons (Fsp3) is 0.778. The molecule has 2 atom stereocenters. The third-order valence-electron chi connectivity index (χ3n) is 2.37. The highest BCUT2D eigenvalue weighted by Gasteiger charge is 2.21. The Morgan fingerprint density at radius 1 is 1.27 bits per heavy atom. The molecule has 1 saturated carbocycles. The zero-order valence-electron chi connectivity index (χ0n) is 7.33. The van der Waals surface area contributed by atoms with E-state index in [1.807, 2.05) is 13.1 Å². The van der Waals surface area contributed by atoms with E-state index in [-0.39, 0.29) is 0 Å². The maximum Gasteiger partial charge on any atom is 0.0303 e. The molecule has 1 aliphatic carbocycles. The van der Waals surface area contributed by atoms with Crippen LogP contribution in [-0.4, -0.2) is 12.4 Å². The highest BCUT2D eigenvalue weighted by molar-refractivity contribution is 5.63. The van der Waals surface area contributed by atoms with E-state index in [0.29, 0.717) is 5.92 Å². The van der Waals surface area contributed by atoms with Crippen LogP contribution in [0.5, 0.6) is 0 Å². The molecule has 0 radical (unpaired) electrons. The molecule has 1 fully saturated rings. The molecule has 0 aromatic carbocycles. The highest BCUT2D eigenvalue weighted by atomic mass is 15.2. The molecule has 0 spiro atoms. The lowest BCUT2D eigenvalue weighted by molar-refractivity contribution is 0.537. The van der Waals surface area contributed by atoms with Gasteiger partial charge in [0.2, 0.25) is 0 Å². The van der Waals surface area contributed by atoms with Crippen molar-refractivity contribution in [3.63, 3.8) is 0 Å². The van der Waals surface area contributed by atoms with Crippen LogP contribution in [0.4, 0.5) is 0 Å². The van der Waals surface area contributed by atoms with Crippen LogP contribution in [0.2, 0.25) is 0 Å². The van der Waals surface area contributed by atoms with Crippen molar-refractivity contribution < 1.29 is 0 Å². The van der Waals surface area contributed by atoms with Crippen molar-refractivity contribution in [2.24, 2.45) is 22.0 Å². The summed E-state index contributed by atoms with van der Waals surface area (Å²) in [7, 11) is 0. The topological polar surface area (TPSA) is 24.7 Å². The summed E-state index contributed by atoms with van der Waals surface area (Å²) in [4.78, 5) is 0. The monoisotopic (exact) mass is 152 g/mol. The lowest BCUT2D eigenvalue weighted by Gasteiger charge is -2.06. The van der Waals surface area contributed by atoms with Crippen molar-refractivity contribution in [3.8, 4) is 0 Å². The third-order valence-corrected chi connectivity index (χ3v) is 2.37. The molecule has 11 heavy (non-hydrogen) atoms. The predicted molar refractivity (Wildman–Crippen MR) is 49.2 cm³/mol. The van der Waals surface area contributed by atoms with Crippen LogP contribution in [0.15, 0.2) is 10.2 Å². The number of nitrogens with zero attached hydrogens (tertiary/aromatic N) is 2. The summed E-state index contributed by atoms with van der Waals surface area (Å²) in [5.41, 5.74) is 0. The van der Waals surface area contributed by atoms with Crippen molar-refractivity contribution in [1.29, 1.82) is 0 Å². The zero-order valence-corrected chi connectivity index (χ0v) is 7.33. The summed E-state index contributed by atoms with van der Waals surface area (Å²) in [5, 5.41) is 7.78. The standard InChI is InChI=1S/C9H16N2/c1-3-10-11-7-9-6-4-5-8(9)2/h3,7-9H,4-6H2,1-2H3/b10-3+,11-7+. The van der Waals surface area contributed by atoms with Gasteiger partial charge in [-0.25, -0.2) is 0 Å². The van der Waals surface area contributed by atoms with Crippen LogP contribution in [0.3, 0.4) is 0 Å². The van der Waals surface area contributed by atoms with Gasteiger partial charge in [0.25, 0.3) is 0 Å². The largest absolute Gasteiger partial charge is 0.164 e. The van der Waals surface area contributed by atoms with Gasteiger partial charge < -0.3 is 0 Å². The van der Waals surface area contributed by atoms with E-state index >= 15 is 0 Å². The first-order valence-electron chi connectivity index (χ1n) is 4.35. The molecule has 0 N–H and O–H groups in total. The zero-order chi connectivity index (χ0) is 8.10. The highest BCUT2D eigenvalue weighted by Crippen LogP contribution is 2.29. The van der Waals surface area contributed by atoms with Crippen molar-refractivity contribution >= 4 is 12.4 Å². The van der Waals surface area contributed by atoms with Gasteiger partial charge in [-0.3, -0.25) is 0 Å². The van der Waals surface area contributed by atoms with Crippen molar-refractivity contribution in [1.82, 2.24) is 0 Å². The molecule has 1 rings (SSSR count). The van der Waals surface area contributed by atoms with Crippen LogP contribution in [0, 0.1) is 11.8 Å². The summed E-state index contributed by atoms with van der Waals surface area (Å²) in [5.74, 6) is 1.49. The van der Waals surface area contributed by atoms with Gasteiger partial charge in [0.05, 0.1) is 0 Å². The molecule has 0 aromatic rings. The Labute approximate surface area is 68.4 Å². The second-order valence-electron chi connectivity index (χ2n) is 3.21. The maximum atomic E-state index is 3.97. The molecular formula is C9H16N2. The van der Waals surface area contributed by atoms with Crippen molar-refractivity contribution in [2.75, 3.05) is 0 Å². The molecule has 0 saturated heterocycles. The van der Waals surface area contributed by atoms with Gasteiger partial charge in [0, 0.05) is 12.4 Å². The van der Waals surface area contributed by atoms with Gasteiger partial charge in [-0.2, -0.15) is 10.2 Å². The molecule has 0 amide bonds. The van der Waals surface area contributed by atoms with Crippen LogP contribution in [0.25, 0.3) is 0 Å². The molecule has 2 heteroatoms. The Morgan fingerprint density at radius 2 is 2.09 bits per heavy atom. The van der Waals surface area contributed by atoms with E-state index in [9.17, 15) is 0 Å². The predicted octanol–water partition coefficient (Wildman–Crippen LogP) is 2.50. The summed E-state index contributed by atoms with van der Waals surface area (Å²) in [6.45, 7) is 4.18. The summed E-state index contributed by atoms with van der Waals surface area (Å²) in [6, 6.07) is 0. The van der Waals surface area contributed by atoms with E-state index in [1.54, 1.807) is 6.21 Å². The van der Waals surface area contributed by atoms with Crippen molar-refractivity contribution in [3.05, 3.63) is 0 Å². The Kier molecular flexibility index (Phi) is 3.27. The number of hydrogen-bond donors (Lipinski definition) is 0. The molecule has 0 aliphatic heterocycles. The van der Waals surface area contributed by atoms with E-state index in [4.69, 9.17) is 0 Å². The fourth-order valence-corrected chi connectivity index (χ4v) is 1.59. The van der Waals surface area contributed by atoms with Crippen LogP contribution < -0.4 is 0 Å². The van der Waals surface area contributed by atoms with Gasteiger partial charge >= 0.3 is 0 Å². The molecule has 62 valence electrons.